The first-order valence-electron chi connectivity index (χ1n) is 13.1. The van der Waals surface area contributed by atoms with Crippen molar-refractivity contribution in [3.8, 4) is 5.75 Å². The van der Waals surface area contributed by atoms with E-state index in [9.17, 15) is 4.39 Å². The number of nitrogens with one attached hydrogen (secondary N) is 2. The van der Waals surface area contributed by atoms with Crippen molar-refractivity contribution in [3.63, 3.8) is 0 Å². The van der Waals surface area contributed by atoms with E-state index < -0.39 is 0 Å². The number of halogens is 1. The largest absolute Gasteiger partial charge is 0.494 e. The molecule has 2 fully saturated rings. The molecule has 1 saturated heterocycles. The molecular weight excluding hydrogens is 445 g/mol. The third kappa shape index (κ3) is 6.93. The Kier molecular flexibility index (Phi) is 8.95. The van der Waals surface area contributed by atoms with Crippen LogP contribution in [0.15, 0.2) is 18.2 Å². The lowest BCUT2D eigenvalue weighted by Gasteiger charge is -2.24. The van der Waals surface area contributed by atoms with Gasteiger partial charge in [0.1, 0.15) is 0 Å². The molecule has 2 heterocycles. The summed E-state index contributed by atoms with van der Waals surface area (Å²) in [6.07, 6.45) is 8.89. The van der Waals surface area contributed by atoms with Gasteiger partial charge in [0.05, 0.1) is 7.11 Å². The fourth-order valence-electron chi connectivity index (χ4n) is 5.23. The number of hydrogen-bond acceptors (Lipinski definition) is 8. The molecule has 2 aromatic rings. The SMILES string of the molecule is CCN1CCCC1CNc1nc(NCC2CCCCC2)nc(N(C)Cc2ccc(OC)c(F)c2)n1. The predicted octanol–water partition coefficient (Wildman–Crippen LogP) is 4.54. The van der Waals surface area contributed by atoms with Crippen LogP contribution < -0.4 is 20.3 Å². The van der Waals surface area contributed by atoms with Gasteiger partial charge >= 0.3 is 0 Å². The molecule has 2 aliphatic rings. The second-order valence-corrected chi connectivity index (χ2v) is 9.80. The van der Waals surface area contributed by atoms with Gasteiger partial charge in [-0.2, -0.15) is 15.0 Å². The van der Waals surface area contributed by atoms with Crippen molar-refractivity contribution in [2.24, 2.45) is 5.92 Å². The summed E-state index contributed by atoms with van der Waals surface area (Å²) in [4.78, 5) is 18.5. The Labute approximate surface area is 208 Å². The number of rotatable bonds is 11. The number of ether oxygens (including phenoxy) is 1. The number of likely N-dealkylation sites (N-methyl/N-ethyl adjacent to an activating group) is 1. The molecule has 8 nitrogen and oxygen atoms in total. The minimum absolute atomic E-state index is 0.241. The van der Waals surface area contributed by atoms with Crippen molar-refractivity contribution in [2.45, 2.75) is 64.5 Å². The normalized spacial score (nSPS) is 19.0. The molecule has 0 bridgehead atoms. The van der Waals surface area contributed by atoms with Crippen molar-refractivity contribution >= 4 is 17.8 Å². The number of hydrogen-bond donors (Lipinski definition) is 2. The van der Waals surface area contributed by atoms with E-state index in [2.05, 4.69) is 27.4 Å². The van der Waals surface area contributed by atoms with Crippen molar-refractivity contribution in [3.05, 3.63) is 29.6 Å². The molecule has 1 unspecified atom stereocenters. The molecule has 1 aromatic heterocycles. The van der Waals surface area contributed by atoms with Crippen LogP contribution in [0.25, 0.3) is 0 Å². The predicted molar refractivity (Wildman–Crippen MR) is 139 cm³/mol. The molecule has 2 N–H and O–H groups in total. The fourth-order valence-corrected chi connectivity index (χ4v) is 5.23. The van der Waals surface area contributed by atoms with Crippen molar-refractivity contribution in [1.82, 2.24) is 19.9 Å². The Balaban J connectivity index is 1.48. The van der Waals surface area contributed by atoms with Gasteiger partial charge < -0.3 is 20.3 Å². The average molecular weight is 486 g/mol. The van der Waals surface area contributed by atoms with Crippen LogP contribution in [-0.4, -0.2) is 66.2 Å². The third-order valence-corrected chi connectivity index (χ3v) is 7.28. The molecule has 1 saturated carbocycles. The quantitative estimate of drug-likeness (QED) is 0.480. The number of benzene rings is 1. The van der Waals surface area contributed by atoms with E-state index in [4.69, 9.17) is 14.7 Å². The van der Waals surface area contributed by atoms with Crippen molar-refractivity contribution in [1.29, 1.82) is 0 Å². The standard InChI is InChI=1S/C26H40FN7O/c1-4-34-14-8-11-21(34)17-29-25-30-24(28-16-19-9-6-5-7-10-19)31-26(32-25)33(2)18-20-12-13-23(35-3)22(27)15-20/h12-13,15,19,21H,4-11,14,16-18H2,1-3H3,(H2,28,29,30,31,32). The molecule has 1 aromatic carbocycles. The van der Waals surface area contributed by atoms with E-state index in [0.717, 1.165) is 31.7 Å². The second kappa shape index (κ2) is 12.3. The molecule has 0 spiro atoms. The van der Waals surface area contributed by atoms with Crippen molar-refractivity contribution in [2.75, 3.05) is 55.9 Å². The highest BCUT2D eigenvalue weighted by Gasteiger charge is 2.23. The Morgan fingerprint density at radius 1 is 1.03 bits per heavy atom. The molecule has 9 heteroatoms. The van der Waals surface area contributed by atoms with Crippen LogP contribution in [0.1, 0.15) is 57.4 Å². The Morgan fingerprint density at radius 2 is 1.77 bits per heavy atom. The lowest BCUT2D eigenvalue weighted by Crippen LogP contribution is -2.35. The topological polar surface area (TPSA) is 78.4 Å². The first-order valence-corrected chi connectivity index (χ1v) is 13.1. The maximum absolute atomic E-state index is 14.2. The van der Waals surface area contributed by atoms with Gasteiger partial charge in [-0.3, -0.25) is 4.90 Å². The number of anilines is 3. The third-order valence-electron chi connectivity index (χ3n) is 7.28. The van der Waals surface area contributed by atoms with Crippen LogP contribution in [0.4, 0.5) is 22.2 Å². The van der Waals surface area contributed by atoms with E-state index in [1.54, 1.807) is 6.07 Å². The van der Waals surface area contributed by atoms with Gasteiger partial charge in [0, 0.05) is 32.7 Å². The van der Waals surface area contributed by atoms with Crippen LogP contribution in [0.5, 0.6) is 5.75 Å². The minimum Gasteiger partial charge on any atom is -0.494 e. The Bertz CT molecular complexity index is 953. The highest BCUT2D eigenvalue weighted by Crippen LogP contribution is 2.25. The van der Waals surface area contributed by atoms with E-state index in [1.165, 1.54) is 58.1 Å². The molecule has 0 radical (unpaired) electrons. The summed E-state index contributed by atoms with van der Waals surface area (Å²) < 4.78 is 19.3. The minimum atomic E-state index is -0.372. The van der Waals surface area contributed by atoms with Crippen LogP contribution in [0.3, 0.4) is 0 Å². The highest BCUT2D eigenvalue weighted by atomic mass is 19.1. The molecular formula is C26H40FN7O. The lowest BCUT2D eigenvalue weighted by molar-refractivity contribution is 0.277. The van der Waals surface area contributed by atoms with Crippen LogP contribution in [0, 0.1) is 11.7 Å². The zero-order valence-corrected chi connectivity index (χ0v) is 21.4. The number of nitrogens with zero attached hydrogens (tertiary/aromatic N) is 5. The number of aromatic nitrogens is 3. The molecule has 192 valence electrons. The molecule has 35 heavy (non-hydrogen) atoms. The average Bonchev–Trinajstić information content (AvgIpc) is 3.34. The first-order chi connectivity index (χ1) is 17.1. The van der Waals surface area contributed by atoms with Crippen LogP contribution in [-0.2, 0) is 6.54 Å². The molecule has 0 amide bonds. The number of methoxy groups -OCH3 is 1. The second-order valence-electron chi connectivity index (χ2n) is 9.80. The molecule has 1 atom stereocenters. The summed E-state index contributed by atoms with van der Waals surface area (Å²) in [5, 5.41) is 6.94. The smallest absolute Gasteiger partial charge is 0.231 e. The van der Waals surface area contributed by atoms with Gasteiger partial charge in [0.2, 0.25) is 17.8 Å². The Hall–Kier alpha value is -2.68. The number of likely N-dealkylation sites (tertiary alicyclic amines) is 1. The summed E-state index contributed by atoms with van der Waals surface area (Å²) in [6, 6.07) is 5.51. The van der Waals surface area contributed by atoms with Gasteiger partial charge in [0.25, 0.3) is 0 Å². The van der Waals surface area contributed by atoms with Gasteiger partial charge in [-0.1, -0.05) is 32.3 Å². The molecule has 1 aliphatic heterocycles. The molecule has 1 aliphatic carbocycles. The summed E-state index contributed by atoms with van der Waals surface area (Å²) in [6.45, 7) is 6.59. The Morgan fingerprint density at radius 3 is 2.46 bits per heavy atom. The van der Waals surface area contributed by atoms with E-state index in [-0.39, 0.29) is 11.6 Å². The summed E-state index contributed by atoms with van der Waals surface area (Å²) in [5.41, 5.74) is 0.821. The van der Waals surface area contributed by atoms with Crippen LogP contribution >= 0.6 is 0 Å². The summed E-state index contributed by atoms with van der Waals surface area (Å²) in [5.74, 6) is 2.26. The van der Waals surface area contributed by atoms with E-state index in [0.29, 0.717) is 36.3 Å². The van der Waals surface area contributed by atoms with Gasteiger partial charge in [-0.15, -0.1) is 0 Å². The van der Waals surface area contributed by atoms with Crippen LogP contribution in [0.2, 0.25) is 0 Å². The van der Waals surface area contributed by atoms with E-state index >= 15 is 0 Å². The maximum atomic E-state index is 14.2. The zero-order valence-electron chi connectivity index (χ0n) is 21.4. The first kappa shape index (κ1) is 25.4. The lowest BCUT2D eigenvalue weighted by atomic mass is 9.89. The van der Waals surface area contributed by atoms with Crippen molar-refractivity contribution < 1.29 is 9.13 Å². The van der Waals surface area contributed by atoms with Gasteiger partial charge in [-0.05, 0) is 62.4 Å². The summed E-state index contributed by atoms with van der Waals surface area (Å²) >= 11 is 0. The summed E-state index contributed by atoms with van der Waals surface area (Å²) in [7, 11) is 3.39. The fraction of sp³-hybridized carbons (Fsp3) is 0.654. The zero-order chi connectivity index (χ0) is 24.6. The van der Waals surface area contributed by atoms with Gasteiger partial charge in [-0.25, -0.2) is 4.39 Å². The molecule has 4 rings (SSSR count). The highest BCUT2D eigenvalue weighted by molar-refractivity contribution is 5.44. The monoisotopic (exact) mass is 485 g/mol. The maximum Gasteiger partial charge on any atom is 0.231 e. The van der Waals surface area contributed by atoms with E-state index in [1.807, 2.05) is 18.0 Å². The van der Waals surface area contributed by atoms with Gasteiger partial charge in [0.15, 0.2) is 11.6 Å².